The maximum atomic E-state index is 11.5. The van der Waals surface area contributed by atoms with Gasteiger partial charge in [0.2, 0.25) is 0 Å². The Morgan fingerprint density at radius 2 is 0.964 bits per heavy atom. The van der Waals surface area contributed by atoms with Crippen LogP contribution in [0.2, 0.25) is 0 Å². The predicted octanol–water partition coefficient (Wildman–Crippen LogP) is 3.33. The summed E-state index contributed by atoms with van der Waals surface area (Å²) in [6, 6.07) is 0. The first kappa shape index (κ1) is 31.1. The topological polar surface area (TPSA) is 77.4 Å². The number of hydrogen-bond acceptors (Lipinski definition) is 4. The van der Waals surface area contributed by atoms with Gasteiger partial charge in [-0.15, -0.1) is 0 Å². The Hall–Kier alpha value is 0.870. The van der Waals surface area contributed by atoms with E-state index in [4.69, 9.17) is 0 Å². The Morgan fingerprint density at radius 1 is 0.643 bits per heavy atom. The molecule has 0 fully saturated rings. The number of hydrogen-bond donors (Lipinski definition) is 1. The van der Waals surface area contributed by atoms with Gasteiger partial charge >= 0.3 is 29.6 Å². The van der Waals surface area contributed by atoms with Crippen LogP contribution in [0, 0.1) is 0 Å². The summed E-state index contributed by atoms with van der Waals surface area (Å²) in [4.78, 5) is 0. The van der Waals surface area contributed by atoms with Crippen molar-refractivity contribution >= 4 is 10.1 Å². The molecule has 0 aliphatic carbocycles. The molecule has 0 heterocycles. The van der Waals surface area contributed by atoms with Crippen molar-refractivity contribution in [1.29, 1.82) is 0 Å². The van der Waals surface area contributed by atoms with Crippen LogP contribution in [0.4, 0.5) is 0 Å². The first-order chi connectivity index (χ1) is 12.9. The Morgan fingerprint density at radius 3 is 1.39 bits per heavy atom. The van der Waals surface area contributed by atoms with Crippen LogP contribution in [0.15, 0.2) is 0 Å². The number of aliphatic hydroxyl groups is 1. The zero-order chi connectivity index (χ0) is 20.4. The summed E-state index contributed by atoms with van der Waals surface area (Å²) in [7, 11) is -4.20. The molecule has 4 nitrogen and oxygen atoms in total. The molecule has 0 aliphatic rings. The Labute approximate surface area is 197 Å². The summed E-state index contributed by atoms with van der Waals surface area (Å²) in [6.45, 7) is 4.38. The van der Waals surface area contributed by atoms with E-state index >= 15 is 0 Å². The monoisotopic (exact) mass is 428 g/mol. The number of rotatable bonds is 20. The van der Waals surface area contributed by atoms with Crippen molar-refractivity contribution in [2.75, 3.05) is 0 Å². The minimum atomic E-state index is -4.20. The summed E-state index contributed by atoms with van der Waals surface area (Å²) in [5.41, 5.74) is 0. The van der Waals surface area contributed by atoms with Crippen LogP contribution in [0.1, 0.15) is 129 Å². The Kier molecular flexibility index (Phi) is 23.4. The van der Waals surface area contributed by atoms with Crippen LogP contribution in [-0.2, 0) is 10.1 Å². The van der Waals surface area contributed by atoms with Crippen LogP contribution >= 0.6 is 0 Å². The van der Waals surface area contributed by atoms with Crippen LogP contribution in [0.5, 0.6) is 0 Å². The van der Waals surface area contributed by atoms with Crippen molar-refractivity contribution in [2.45, 2.75) is 141 Å². The summed E-state index contributed by atoms with van der Waals surface area (Å²) >= 11 is 0. The third kappa shape index (κ3) is 20.2. The molecule has 0 spiro atoms. The molecular weight excluding hydrogens is 383 g/mol. The van der Waals surface area contributed by atoms with E-state index in [-0.39, 0.29) is 35.7 Å². The second kappa shape index (κ2) is 21.1. The first-order valence-electron chi connectivity index (χ1n) is 11.5. The molecule has 2 atom stereocenters. The minimum Gasteiger partial charge on any atom is -0.748 e. The summed E-state index contributed by atoms with van der Waals surface area (Å²) in [5, 5.41) is 9.28. The van der Waals surface area contributed by atoms with E-state index in [1.807, 2.05) is 0 Å². The average molecular weight is 429 g/mol. The van der Waals surface area contributed by atoms with Crippen LogP contribution < -0.4 is 29.6 Å². The molecule has 0 aromatic heterocycles. The van der Waals surface area contributed by atoms with Crippen molar-refractivity contribution in [2.24, 2.45) is 0 Å². The van der Waals surface area contributed by atoms with Crippen LogP contribution in [0.25, 0.3) is 0 Å². The van der Waals surface area contributed by atoms with Gasteiger partial charge in [0.1, 0.15) is 0 Å². The SMILES string of the molecule is CCCCCCCCCC(CCCCC(O)CCCCCCC)S(=O)(=O)[O-].[Na+]. The van der Waals surface area contributed by atoms with E-state index < -0.39 is 15.4 Å². The van der Waals surface area contributed by atoms with Crippen molar-refractivity contribution in [3.8, 4) is 0 Å². The van der Waals surface area contributed by atoms with E-state index in [1.54, 1.807) is 0 Å². The van der Waals surface area contributed by atoms with E-state index in [0.29, 0.717) is 12.8 Å². The van der Waals surface area contributed by atoms with E-state index in [1.165, 1.54) is 51.4 Å². The summed E-state index contributed by atoms with van der Waals surface area (Å²) < 4.78 is 34.5. The molecule has 2 unspecified atom stereocenters. The van der Waals surface area contributed by atoms with E-state index in [9.17, 15) is 18.1 Å². The van der Waals surface area contributed by atoms with Gasteiger partial charge in [-0.3, -0.25) is 0 Å². The molecular formula is C22H45NaO4S. The standard InChI is InChI=1S/C22H46O4S.Na/c1-3-5-7-9-10-12-14-19-22(27(24,25)26)20-16-15-18-21(23)17-13-11-8-6-4-2;/h21-23H,3-20H2,1-2H3,(H,24,25,26);/q;+1/p-1. The molecule has 0 amide bonds. The quantitative estimate of drug-likeness (QED) is 0.183. The van der Waals surface area contributed by atoms with Gasteiger partial charge in [-0.25, -0.2) is 8.42 Å². The predicted molar refractivity (Wildman–Crippen MR) is 114 cm³/mol. The molecule has 0 radical (unpaired) electrons. The average Bonchev–Trinajstić information content (AvgIpc) is 2.61. The fourth-order valence-electron chi connectivity index (χ4n) is 3.64. The third-order valence-corrected chi connectivity index (χ3v) is 6.78. The van der Waals surface area contributed by atoms with Gasteiger partial charge in [0.15, 0.2) is 0 Å². The van der Waals surface area contributed by atoms with E-state index in [2.05, 4.69) is 13.8 Å². The second-order valence-corrected chi connectivity index (χ2v) is 9.82. The molecule has 6 heteroatoms. The van der Waals surface area contributed by atoms with Crippen molar-refractivity contribution < 1.29 is 47.6 Å². The van der Waals surface area contributed by atoms with Gasteiger partial charge in [0.05, 0.1) is 16.2 Å². The minimum absolute atomic E-state index is 0. The van der Waals surface area contributed by atoms with Crippen molar-refractivity contribution in [3.05, 3.63) is 0 Å². The second-order valence-electron chi connectivity index (χ2n) is 8.17. The van der Waals surface area contributed by atoms with Crippen LogP contribution in [-0.4, -0.2) is 29.4 Å². The third-order valence-electron chi connectivity index (χ3n) is 5.49. The molecule has 0 saturated carbocycles. The first-order valence-corrected chi connectivity index (χ1v) is 13.0. The maximum absolute atomic E-state index is 11.5. The molecule has 164 valence electrons. The van der Waals surface area contributed by atoms with Crippen LogP contribution in [0.3, 0.4) is 0 Å². The maximum Gasteiger partial charge on any atom is 1.00 e. The summed E-state index contributed by atoms with van der Waals surface area (Å²) in [6.07, 6.45) is 17.7. The van der Waals surface area contributed by atoms with Gasteiger partial charge in [-0.2, -0.15) is 0 Å². The zero-order valence-corrected chi connectivity index (χ0v) is 21.8. The number of aliphatic hydroxyl groups excluding tert-OH is 1. The Bertz CT molecular complexity index is 415. The molecule has 28 heavy (non-hydrogen) atoms. The van der Waals surface area contributed by atoms with Gasteiger partial charge in [-0.05, 0) is 25.7 Å². The van der Waals surface area contributed by atoms with Crippen molar-refractivity contribution in [3.63, 3.8) is 0 Å². The fraction of sp³-hybridized carbons (Fsp3) is 1.00. The normalized spacial score (nSPS) is 13.9. The molecule has 1 N–H and O–H groups in total. The van der Waals surface area contributed by atoms with Gasteiger partial charge < -0.3 is 9.66 Å². The number of unbranched alkanes of at least 4 members (excludes halogenated alkanes) is 11. The molecule has 0 aromatic carbocycles. The summed E-state index contributed by atoms with van der Waals surface area (Å²) in [5.74, 6) is 0. The van der Waals surface area contributed by atoms with Crippen molar-refractivity contribution in [1.82, 2.24) is 0 Å². The molecule has 0 saturated heterocycles. The molecule has 0 rings (SSSR count). The Balaban J connectivity index is 0. The van der Waals surface area contributed by atoms with Gasteiger partial charge in [0.25, 0.3) is 0 Å². The van der Waals surface area contributed by atoms with E-state index in [0.717, 1.165) is 51.4 Å². The molecule has 0 aromatic rings. The van der Waals surface area contributed by atoms with Gasteiger partial charge in [0, 0.05) is 5.25 Å². The largest absolute Gasteiger partial charge is 1.00 e. The fourth-order valence-corrected chi connectivity index (χ4v) is 4.55. The zero-order valence-electron chi connectivity index (χ0n) is 19.0. The van der Waals surface area contributed by atoms with Gasteiger partial charge in [-0.1, -0.05) is 104 Å². The smallest absolute Gasteiger partial charge is 0.748 e. The molecule has 0 aliphatic heterocycles. The molecule has 0 bridgehead atoms.